The highest BCUT2D eigenvalue weighted by atomic mass is 32.1. The third-order valence-electron chi connectivity index (χ3n) is 5.18. The van der Waals surface area contributed by atoms with Crippen LogP contribution in [0.2, 0.25) is 0 Å². The van der Waals surface area contributed by atoms with Gasteiger partial charge in [-0.2, -0.15) is 5.10 Å². The second-order valence-electron chi connectivity index (χ2n) is 8.11. The summed E-state index contributed by atoms with van der Waals surface area (Å²) in [6.07, 6.45) is 4.27. The molecule has 3 aromatic rings. The van der Waals surface area contributed by atoms with E-state index < -0.39 is 0 Å². The Bertz CT molecular complexity index is 982. The van der Waals surface area contributed by atoms with Crippen molar-refractivity contribution in [2.45, 2.75) is 52.9 Å². The minimum atomic E-state index is 0.622. The highest BCUT2D eigenvalue weighted by Crippen LogP contribution is 2.29. The lowest BCUT2D eigenvalue weighted by molar-refractivity contribution is 0.174. The molecule has 0 amide bonds. The Kier molecular flexibility index (Phi) is 5.51. The number of rotatable bonds is 8. The maximum absolute atomic E-state index is 5.87. The van der Waals surface area contributed by atoms with E-state index in [0.29, 0.717) is 18.5 Å². The minimum absolute atomic E-state index is 0.622. The van der Waals surface area contributed by atoms with Crippen LogP contribution in [0, 0.1) is 17.6 Å². The predicted octanol–water partition coefficient (Wildman–Crippen LogP) is 5.11. The number of nitrogens with zero attached hydrogens (tertiary/aromatic N) is 4. The fourth-order valence-corrected chi connectivity index (χ4v) is 3.91. The lowest BCUT2D eigenvalue weighted by Crippen LogP contribution is -2.32. The van der Waals surface area contributed by atoms with E-state index in [1.807, 2.05) is 23.7 Å². The molecule has 0 N–H and O–H groups in total. The number of aromatic nitrogens is 3. The van der Waals surface area contributed by atoms with Gasteiger partial charge in [-0.05, 0) is 49.5 Å². The van der Waals surface area contributed by atoms with E-state index in [0.717, 1.165) is 35.1 Å². The summed E-state index contributed by atoms with van der Waals surface area (Å²) < 4.78 is 10.4. The summed E-state index contributed by atoms with van der Waals surface area (Å²) in [6, 6.07) is 13.0. The smallest absolute Gasteiger partial charge is 0.199 e. The van der Waals surface area contributed by atoms with Crippen LogP contribution in [-0.2, 0) is 13.2 Å². The van der Waals surface area contributed by atoms with Gasteiger partial charge in [0.2, 0.25) is 0 Å². The van der Waals surface area contributed by atoms with Gasteiger partial charge in [-0.3, -0.25) is 9.47 Å². The van der Waals surface area contributed by atoms with Crippen LogP contribution in [0.1, 0.15) is 38.0 Å². The van der Waals surface area contributed by atoms with Gasteiger partial charge in [0.25, 0.3) is 0 Å². The quantitative estimate of drug-likeness (QED) is 0.496. The molecular formula is C22H28N4OS. The van der Waals surface area contributed by atoms with Crippen LogP contribution in [0.3, 0.4) is 0 Å². The van der Waals surface area contributed by atoms with Crippen LogP contribution >= 0.6 is 12.2 Å². The highest BCUT2D eigenvalue weighted by Gasteiger charge is 2.30. The zero-order chi connectivity index (χ0) is 19.7. The lowest BCUT2D eigenvalue weighted by Gasteiger charge is -2.23. The molecule has 2 heterocycles. The van der Waals surface area contributed by atoms with Crippen LogP contribution in [0.5, 0.6) is 0 Å². The van der Waals surface area contributed by atoms with Crippen molar-refractivity contribution < 1.29 is 4.42 Å². The molecule has 4 rings (SSSR count). The summed E-state index contributed by atoms with van der Waals surface area (Å²) in [6.45, 7) is 9.02. The van der Waals surface area contributed by atoms with Gasteiger partial charge < -0.3 is 4.42 Å². The molecule has 0 atom stereocenters. The molecular weight excluding hydrogens is 368 g/mol. The van der Waals surface area contributed by atoms with Crippen LogP contribution < -0.4 is 0 Å². The molecule has 28 heavy (non-hydrogen) atoms. The first-order valence-corrected chi connectivity index (χ1v) is 10.4. The maximum Gasteiger partial charge on any atom is 0.199 e. The summed E-state index contributed by atoms with van der Waals surface area (Å²) in [4.78, 5) is 2.52. The van der Waals surface area contributed by atoms with Gasteiger partial charge >= 0.3 is 0 Å². The molecule has 148 valence electrons. The summed E-state index contributed by atoms with van der Waals surface area (Å²) in [7, 11) is 0. The van der Waals surface area contributed by atoms with Gasteiger partial charge in [0.1, 0.15) is 5.76 Å². The van der Waals surface area contributed by atoms with Gasteiger partial charge in [0, 0.05) is 12.6 Å². The molecule has 1 fully saturated rings. The zero-order valence-electron chi connectivity index (χ0n) is 16.8. The summed E-state index contributed by atoms with van der Waals surface area (Å²) in [5, 5.41) is 4.94. The Hall–Kier alpha value is -2.18. The van der Waals surface area contributed by atoms with Gasteiger partial charge in [-0.25, -0.2) is 4.68 Å². The van der Waals surface area contributed by atoms with E-state index in [-0.39, 0.29) is 0 Å². The second-order valence-corrected chi connectivity index (χ2v) is 8.47. The molecule has 0 radical (unpaired) electrons. The Labute approximate surface area is 171 Å². The largest absolute Gasteiger partial charge is 0.469 e. The van der Waals surface area contributed by atoms with Crippen molar-refractivity contribution in [3.63, 3.8) is 0 Å². The Balaban J connectivity index is 1.71. The number of benzene rings is 1. The third kappa shape index (κ3) is 4.13. The molecule has 1 aromatic carbocycles. The first-order chi connectivity index (χ1) is 13.5. The van der Waals surface area contributed by atoms with E-state index in [1.165, 1.54) is 18.4 Å². The second kappa shape index (κ2) is 8.05. The van der Waals surface area contributed by atoms with E-state index in [4.69, 9.17) is 21.7 Å². The molecule has 5 nitrogen and oxygen atoms in total. The lowest BCUT2D eigenvalue weighted by atomic mass is 10.2. The molecule has 0 saturated heterocycles. The predicted molar refractivity (Wildman–Crippen MR) is 114 cm³/mol. The van der Waals surface area contributed by atoms with Gasteiger partial charge in [-0.1, -0.05) is 44.2 Å². The van der Waals surface area contributed by atoms with E-state index >= 15 is 0 Å². The van der Waals surface area contributed by atoms with Crippen molar-refractivity contribution in [1.29, 1.82) is 0 Å². The number of furan rings is 1. The van der Waals surface area contributed by atoms with Crippen LogP contribution in [0.4, 0.5) is 0 Å². The standard InChI is InChI=1S/C22H28N4OS/c1-16(2)13-24(19-9-10-19)15-26-22(28)25(14-18-7-5-4-6-8-18)21(23-26)20-11-12-27-17(20)3/h4-8,11-12,16,19H,9-10,13-15H2,1-3H3. The molecule has 1 saturated carbocycles. The molecule has 0 aliphatic heterocycles. The van der Waals surface area contributed by atoms with Crippen LogP contribution in [0.25, 0.3) is 11.4 Å². The number of hydrogen-bond acceptors (Lipinski definition) is 4. The number of aryl methyl sites for hydroxylation is 1. The first-order valence-electron chi connectivity index (χ1n) is 10.0. The maximum atomic E-state index is 5.87. The number of hydrogen-bond donors (Lipinski definition) is 0. The van der Waals surface area contributed by atoms with Crippen molar-refractivity contribution in [2.75, 3.05) is 6.54 Å². The Morgan fingerprint density at radius 2 is 1.96 bits per heavy atom. The molecule has 2 aromatic heterocycles. The van der Waals surface area contributed by atoms with E-state index in [9.17, 15) is 0 Å². The SMILES string of the molecule is Cc1occc1-c1nn(CN(CC(C)C)C2CC2)c(=S)n1Cc1ccccc1. The topological polar surface area (TPSA) is 39.1 Å². The van der Waals surface area contributed by atoms with Crippen molar-refractivity contribution in [1.82, 2.24) is 19.2 Å². The molecule has 1 aliphatic rings. The molecule has 6 heteroatoms. The van der Waals surface area contributed by atoms with Crippen molar-refractivity contribution in [3.8, 4) is 11.4 Å². The van der Waals surface area contributed by atoms with E-state index in [2.05, 4.69) is 47.6 Å². The van der Waals surface area contributed by atoms with E-state index in [1.54, 1.807) is 6.26 Å². The fourth-order valence-electron chi connectivity index (χ4n) is 3.66. The monoisotopic (exact) mass is 396 g/mol. The molecule has 0 unspecified atom stereocenters. The average Bonchev–Trinajstić information content (AvgIpc) is 3.37. The van der Waals surface area contributed by atoms with Crippen molar-refractivity contribution >= 4 is 12.2 Å². The zero-order valence-corrected chi connectivity index (χ0v) is 17.7. The Morgan fingerprint density at radius 1 is 1.21 bits per heavy atom. The normalized spacial score (nSPS) is 14.3. The molecule has 0 bridgehead atoms. The molecule has 1 aliphatic carbocycles. The van der Waals surface area contributed by atoms with Gasteiger partial charge in [0.15, 0.2) is 10.6 Å². The van der Waals surface area contributed by atoms with Crippen LogP contribution in [-0.4, -0.2) is 31.8 Å². The summed E-state index contributed by atoms with van der Waals surface area (Å²) in [5.74, 6) is 2.36. The van der Waals surface area contributed by atoms with Crippen molar-refractivity contribution in [2.24, 2.45) is 5.92 Å². The summed E-state index contributed by atoms with van der Waals surface area (Å²) >= 11 is 5.87. The third-order valence-corrected chi connectivity index (χ3v) is 5.62. The first kappa shape index (κ1) is 19.2. The van der Waals surface area contributed by atoms with Crippen molar-refractivity contribution in [3.05, 3.63) is 58.8 Å². The average molecular weight is 397 g/mol. The fraction of sp³-hybridized carbons (Fsp3) is 0.455. The van der Waals surface area contributed by atoms with Gasteiger partial charge in [0.05, 0.1) is 25.0 Å². The van der Waals surface area contributed by atoms with Crippen LogP contribution in [0.15, 0.2) is 47.1 Å². The molecule has 0 spiro atoms. The Morgan fingerprint density at radius 3 is 2.57 bits per heavy atom. The van der Waals surface area contributed by atoms with Gasteiger partial charge in [-0.15, -0.1) is 0 Å². The highest BCUT2D eigenvalue weighted by molar-refractivity contribution is 7.71. The minimum Gasteiger partial charge on any atom is -0.469 e. The summed E-state index contributed by atoms with van der Waals surface area (Å²) in [5.41, 5.74) is 2.21.